The van der Waals surface area contributed by atoms with E-state index in [2.05, 4.69) is 26.3 Å². The lowest BCUT2D eigenvalue weighted by atomic mass is 9.85. The van der Waals surface area contributed by atoms with Crippen LogP contribution >= 0.6 is 30.3 Å². The average molecular weight is 1220 g/mol. The molecular formula is C58H71F2N8O13PS2. The summed E-state index contributed by atoms with van der Waals surface area (Å²) in [6.45, 7) is 13.0. The lowest BCUT2D eigenvalue weighted by molar-refractivity contribution is -0.150. The van der Waals surface area contributed by atoms with Crippen molar-refractivity contribution in [2.24, 2.45) is 10.8 Å². The molecule has 7 amide bonds. The first-order valence-corrected chi connectivity index (χ1v) is 30.7. The third-order valence-corrected chi connectivity index (χ3v) is 18.3. The molecule has 21 nitrogen and oxygen atoms in total. The van der Waals surface area contributed by atoms with E-state index in [1.807, 2.05) is 68.4 Å². The number of nitrogens with zero attached hydrogens (tertiary/aromatic N) is 4. The molecule has 8 rings (SSSR count). The highest BCUT2D eigenvalue weighted by molar-refractivity contribution is 7.52. The van der Waals surface area contributed by atoms with Crippen LogP contribution in [-0.2, 0) is 48.5 Å². The molecule has 0 radical (unpaired) electrons. The number of nitrogens with one attached hydrogen (secondary N) is 4. The molecule has 7 N–H and O–H groups in total. The number of carbonyl (C=O) groups is 7. The zero-order valence-electron chi connectivity index (χ0n) is 47.8. The van der Waals surface area contributed by atoms with Crippen molar-refractivity contribution in [2.45, 2.75) is 122 Å². The number of likely N-dealkylation sites (tertiary alicyclic amines) is 2. The van der Waals surface area contributed by atoms with Crippen LogP contribution in [0.4, 0.5) is 8.78 Å². The summed E-state index contributed by atoms with van der Waals surface area (Å²) in [5.74, 6) is -4.39. The fourth-order valence-electron chi connectivity index (χ4n) is 10.5. The monoisotopic (exact) mass is 1220 g/mol. The molecule has 8 atom stereocenters. The van der Waals surface area contributed by atoms with E-state index >= 15 is 0 Å². The summed E-state index contributed by atoms with van der Waals surface area (Å²) in [6, 6.07) is 16.2. The van der Waals surface area contributed by atoms with E-state index in [1.165, 1.54) is 33.3 Å². The fourth-order valence-corrected chi connectivity index (χ4v) is 12.7. The van der Waals surface area contributed by atoms with Crippen LogP contribution in [0.2, 0.25) is 0 Å². The summed E-state index contributed by atoms with van der Waals surface area (Å²) >= 11 is 2.44. The maximum atomic E-state index is 14.9. The number of thiophene rings is 1. The van der Waals surface area contributed by atoms with Crippen molar-refractivity contribution in [3.63, 3.8) is 0 Å². The van der Waals surface area contributed by atoms with Gasteiger partial charge in [0.1, 0.15) is 36.9 Å². The number of aromatic nitrogens is 1. The number of aliphatic hydroxyl groups excluding tert-OH is 1. The van der Waals surface area contributed by atoms with Crippen molar-refractivity contribution in [3.05, 3.63) is 112 Å². The number of alkyl halides is 2. The minimum absolute atomic E-state index is 0.00568. The van der Waals surface area contributed by atoms with Gasteiger partial charge in [0.15, 0.2) is 0 Å². The summed E-state index contributed by atoms with van der Waals surface area (Å²) in [7, 11) is -5.89. The lowest BCUT2D eigenvalue weighted by Crippen LogP contribution is -2.58. The number of benzene rings is 3. The van der Waals surface area contributed by atoms with Gasteiger partial charge in [0.25, 0.3) is 5.91 Å². The minimum Gasteiger partial charge on any atom is -0.391 e. The number of rotatable bonds is 18. The first-order chi connectivity index (χ1) is 39.4. The zero-order valence-corrected chi connectivity index (χ0v) is 50.3. The van der Waals surface area contributed by atoms with Gasteiger partial charge in [0, 0.05) is 42.7 Å². The quantitative estimate of drug-likeness (QED) is 0.0513. The molecule has 0 saturated carbocycles. The van der Waals surface area contributed by atoms with Crippen LogP contribution in [0.5, 0.6) is 0 Å². The van der Waals surface area contributed by atoms with E-state index in [0.717, 1.165) is 50.7 Å². The predicted octanol–water partition coefficient (Wildman–Crippen LogP) is 5.78. The van der Waals surface area contributed by atoms with Gasteiger partial charge in [-0.1, -0.05) is 102 Å². The fraction of sp³-hybridized carbons (Fsp3) is 0.483. The standard InChI is InChI=1S/C58H71F2N8O13PS2/c1-32(34-14-16-36(17-15-34)48-33(2)62-31-83-48)63-51(72)41-24-39(69)27-67(41)54(75)49(56(3,4)5)64-46(70)26-61-47(71)30-81-40-25-42(53(74)66-20-21-80-43(29-66)35-12-10-9-11-13-35)68(28-40)55(76)50(57(6,7)8)65-52(73)45-23-37-22-38(18-19-44(37)84-45)58(59,60)82(77,78)79/h9-19,22-23,31-32,39-43,49-50,69H,20-21,24-30H2,1-8H3,(H,61,71)(H,63,72)(H,64,70)(H,65,73)(H2,77,78,79)/t32-,39+,40-,41-,42-,43?,49?,50?/m0/s1. The number of fused-ring (bicyclic) bond motifs is 1. The zero-order chi connectivity index (χ0) is 61.2. The van der Waals surface area contributed by atoms with Crippen molar-refractivity contribution < 1.29 is 71.3 Å². The highest BCUT2D eigenvalue weighted by Gasteiger charge is 2.51. The molecule has 3 aliphatic rings. The van der Waals surface area contributed by atoms with Crippen LogP contribution in [0.3, 0.4) is 0 Å². The van der Waals surface area contributed by atoms with Crippen LogP contribution in [0.1, 0.15) is 106 Å². The Balaban J connectivity index is 0.912. The van der Waals surface area contributed by atoms with E-state index in [-0.39, 0.29) is 55.9 Å². The molecule has 3 unspecified atom stereocenters. The van der Waals surface area contributed by atoms with Gasteiger partial charge in [-0.2, -0.15) is 8.78 Å². The van der Waals surface area contributed by atoms with E-state index < -0.39 is 133 Å². The van der Waals surface area contributed by atoms with Crippen molar-refractivity contribution >= 4 is 81.7 Å². The Bertz CT molecular complexity index is 3310. The molecule has 0 aliphatic carbocycles. The second-order valence-electron chi connectivity index (χ2n) is 23.6. The maximum Gasteiger partial charge on any atom is 0.399 e. The summed E-state index contributed by atoms with van der Waals surface area (Å²) in [5.41, 5.74) is -1.99. The number of thiazole rings is 1. The van der Waals surface area contributed by atoms with Gasteiger partial charge in [-0.3, -0.25) is 38.1 Å². The second-order valence-corrected chi connectivity index (χ2v) is 27.2. The highest BCUT2D eigenvalue weighted by atomic mass is 32.1. The van der Waals surface area contributed by atoms with E-state index in [1.54, 1.807) is 52.0 Å². The molecule has 2 aromatic heterocycles. The molecule has 0 bridgehead atoms. The topological polar surface area (TPSA) is 286 Å². The van der Waals surface area contributed by atoms with Crippen LogP contribution < -0.4 is 21.3 Å². The lowest BCUT2D eigenvalue weighted by Gasteiger charge is -2.38. The number of aliphatic hydroxyl groups is 1. The van der Waals surface area contributed by atoms with Crippen molar-refractivity contribution in [1.82, 2.24) is 41.0 Å². The molecule has 3 aliphatic heterocycles. The van der Waals surface area contributed by atoms with Crippen molar-refractivity contribution in [2.75, 3.05) is 45.9 Å². The number of ether oxygens (including phenoxy) is 2. The van der Waals surface area contributed by atoms with E-state index in [0.29, 0.717) is 4.70 Å². The molecule has 3 aromatic carbocycles. The Morgan fingerprint density at radius 1 is 0.821 bits per heavy atom. The van der Waals surface area contributed by atoms with Gasteiger partial charge < -0.3 is 60.3 Å². The Morgan fingerprint density at radius 2 is 1.48 bits per heavy atom. The third kappa shape index (κ3) is 14.6. The number of hydrogen-bond donors (Lipinski definition) is 7. The first kappa shape index (κ1) is 63.5. The van der Waals surface area contributed by atoms with Crippen LogP contribution in [-0.4, -0.2) is 158 Å². The molecule has 0 spiro atoms. The molecule has 3 saturated heterocycles. The summed E-state index contributed by atoms with van der Waals surface area (Å²) in [5, 5.41) is 21.8. The number of carbonyl (C=O) groups excluding carboxylic acids is 7. The number of halogens is 2. The summed E-state index contributed by atoms with van der Waals surface area (Å²) in [6.07, 6.45) is -2.47. The third-order valence-electron chi connectivity index (χ3n) is 15.2. The largest absolute Gasteiger partial charge is 0.399 e. The van der Waals surface area contributed by atoms with E-state index in [9.17, 15) is 61.8 Å². The van der Waals surface area contributed by atoms with Crippen molar-refractivity contribution in [3.8, 4) is 10.4 Å². The van der Waals surface area contributed by atoms with Crippen LogP contribution in [0.15, 0.2) is 84.4 Å². The molecule has 26 heteroatoms. The SMILES string of the molecule is Cc1ncsc1-c1ccc([C@H](C)NC(=O)[C@@H]2C[C@@H](O)CN2C(=O)C(NC(=O)CNC(=O)CO[C@H]2C[C@@H](C(=O)N3CCOC(c4ccccc4)C3)N(C(=O)C(NC(=O)c3cc4cc(C(F)(F)P(=O)(O)O)ccc4s3)C(C)(C)C)C2)C(C)(C)C)cc1. The smallest absolute Gasteiger partial charge is 0.391 e. The average Bonchev–Trinajstić information content (AvgIpc) is 2.79. The summed E-state index contributed by atoms with van der Waals surface area (Å²) < 4.78 is 53.4. The molecule has 5 heterocycles. The van der Waals surface area contributed by atoms with Gasteiger partial charge in [-0.25, -0.2) is 4.98 Å². The minimum atomic E-state index is -5.89. The number of morpholine rings is 1. The Morgan fingerprint density at radius 3 is 2.11 bits per heavy atom. The Labute approximate surface area is 493 Å². The van der Waals surface area contributed by atoms with Crippen LogP contribution in [0.25, 0.3) is 20.5 Å². The molecular weight excluding hydrogens is 1150 g/mol. The molecule has 452 valence electrons. The van der Waals surface area contributed by atoms with Crippen molar-refractivity contribution in [1.29, 1.82) is 0 Å². The summed E-state index contributed by atoms with van der Waals surface area (Å²) in [4.78, 5) is 127. The van der Waals surface area contributed by atoms with Gasteiger partial charge in [-0.15, -0.1) is 22.7 Å². The predicted molar refractivity (Wildman–Crippen MR) is 309 cm³/mol. The number of amides is 7. The van der Waals surface area contributed by atoms with Gasteiger partial charge >= 0.3 is 13.3 Å². The first-order valence-electron chi connectivity index (χ1n) is 27.4. The number of aryl methyl sites for hydroxylation is 1. The Hall–Kier alpha value is -6.57. The van der Waals surface area contributed by atoms with Gasteiger partial charge in [0.2, 0.25) is 35.4 Å². The maximum absolute atomic E-state index is 14.9. The Kier molecular flexibility index (Phi) is 19.3. The van der Waals surface area contributed by atoms with Crippen LogP contribution in [0, 0.1) is 17.8 Å². The molecule has 84 heavy (non-hydrogen) atoms. The molecule has 5 aromatic rings. The van der Waals surface area contributed by atoms with E-state index in [4.69, 9.17) is 9.47 Å². The van der Waals surface area contributed by atoms with Gasteiger partial charge in [0.05, 0.1) is 58.9 Å². The highest BCUT2D eigenvalue weighted by Crippen LogP contribution is 2.59. The second kappa shape index (κ2) is 25.6. The number of hydrogen-bond acceptors (Lipinski definition) is 14. The number of β-amino-alcohol motifs (C(OH)–C–C–N with tert-alkyl or cyclic N) is 1. The van der Waals surface area contributed by atoms with Gasteiger partial charge in [-0.05, 0) is 65.0 Å². The molecule has 3 fully saturated rings. The normalized spacial score (nSPS) is 20.7.